The molecule has 3 atom stereocenters. The number of hydrogen-bond donors (Lipinski definition) is 0. The zero-order chi connectivity index (χ0) is 17.5. The maximum atomic E-state index is 10.8. The van der Waals surface area contributed by atoms with Crippen LogP contribution in [-0.4, -0.2) is 41.5 Å². The van der Waals surface area contributed by atoms with Crippen LogP contribution in [0.15, 0.2) is 35.7 Å². The van der Waals surface area contributed by atoms with E-state index in [1.807, 2.05) is 16.9 Å². The van der Waals surface area contributed by atoms with E-state index in [2.05, 4.69) is 10.2 Å². The second kappa shape index (κ2) is 11.0. The quantitative estimate of drug-likeness (QED) is 0.526. The Morgan fingerprint density at radius 3 is 2.27 bits per heavy atom. The van der Waals surface area contributed by atoms with E-state index in [1.54, 1.807) is 6.20 Å². The van der Waals surface area contributed by atoms with E-state index < -0.39 is 11.1 Å². The topological polar surface area (TPSA) is 94.2 Å². The van der Waals surface area contributed by atoms with Gasteiger partial charge in [-0.2, -0.15) is 10.2 Å². The van der Waals surface area contributed by atoms with Crippen LogP contribution >= 0.6 is 0 Å². The van der Waals surface area contributed by atoms with Gasteiger partial charge in [-0.15, -0.1) is 0 Å². The Morgan fingerprint density at radius 2 is 1.73 bits per heavy atom. The molecule has 4 heterocycles. The Hall–Kier alpha value is -0.953. The van der Waals surface area contributed by atoms with E-state index >= 15 is 0 Å². The fourth-order valence-corrected chi connectivity index (χ4v) is 3.44. The van der Waals surface area contributed by atoms with Crippen LogP contribution in [0.5, 0.6) is 0 Å². The van der Waals surface area contributed by atoms with Crippen molar-refractivity contribution in [2.45, 2.75) is 56.0 Å². The summed E-state index contributed by atoms with van der Waals surface area (Å²) in [6.45, 7) is 1.56. The van der Waals surface area contributed by atoms with Crippen molar-refractivity contribution in [2.24, 2.45) is 0 Å². The largest absolute Gasteiger partial charge is 1.00 e. The standard InChI is InChI=1S/C8H12N2O3S.C8H12N2O.Li/c11-14(12)8-4-5-9-10(8)7-3-1-2-6-13-7;1-2-7-11-8(4-1)10-6-3-5-9-10;/h4-5,7H,1-3,6H2,(H,11,12);3,5-6,8H,1-2,4,7H2;/q;;+1/p-1. The molecule has 4 rings (SSSR count). The summed E-state index contributed by atoms with van der Waals surface area (Å²) in [5, 5.41) is 8.28. The molecule has 2 aromatic rings. The van der Waals surface area contributed by atoms with E-state index in [1.165, 1.54) is 29.8 Å². The van der Waals surface area contributed by atoms with Crippen LogP contribution in [0, 0.1) is 0 Å². The van der Waals surface area contributed by atoms with Gasteiger partial charge in [-0.1, -0.05) is 0 Å². The first-order chi connectivity index (χ1) is 12.3. The molecule has 0 amide bonds. The molecule has 26 heavy (non-hydrogen) atoms. The molecule has 2 fully saturated rings. The van der Waals surface area contributed by atoms with Crippen LogP contribution in [0.4, 0.5) is 0 Å². The maximum absolute atomic E-state index is 10.8. The van der Waals surface area contributed by atoms with Crippen LogP contribution in [-0.2, 0) is 20.6 Å². The molecule has 0 spiro atoms. The fraction of sp³-hybridized carbons (Fsp3) is 0.625. The van der Waals surface area contributed by atoms with Gasteiger partial charge in [-0.05, 0) is 61.7 Å². The molecule has 0 radical (unpaired) electrons. The average Bonchev–Trinajstić information content (AvgIpc) is 3.36. The van der Waals surface area contributed by atoms with E-state index in [-0.39, 0.29) is 36.3 Å². The molecule has 8 nitrogen and oxygen atoms in total. The smallest absolute Gasteiger partial charge is 0.767 e. The van der Waals surface area contributed by atoms with Crippen LogP contribution in [0.3, 0.4) is 0 Å². The number of rotatable bonds is 3. The van der Waals surface area contributed by atoms with E-state index in [0.29, 0.717) is 6.61 Å². The zero-order valence-electron chi connectivity index (χ0n) is 15.0. The number of nitrogens with zero attached hydrogens (tertiary/aromatic N) is 4. The van der Waals surface area contributed by atoms with Crippen LogP contribution in [0.25, 0.3) is 0 Å². The van der Waals surface area contributed by atoms with Gasteiger partial charge in [-0.3, -0.25) is 4.21 Å². The van der Waals surface area contributed by atoms with Gasteiger partial charge >= 0.3 is 18.9 Å². The molecule has 3 unspecified atom stereocenters. The Labute approximate surface area is 167 Å². The van der Waals surface area contributed by atoms with Crippen molar-refractivity contribution in [2.75, 3.05) is 13.2 Å². The summed E-state index contributed by atoms with van der Waals surface area (Å²) in [6.07, 6.45) is 11.7. The predicted molar refractivity (Wildman–Crippen MR) is 89.3 cm³/mol. The summed E-state index contributed by atoms with van der Waals surface area (Å²) >= 11 is -2.24. The molecule has 10 heteroatoms. The normalized spacial score (nSPS) is 24.0. The third-order valence-corrected chi connectivity index (χ3v) is 4.87. The second-order valence-corrected chi connectivity index (χ2v) is 6.86. The summed E-state index contributed by atoms with van der Waals surface area (Å²) in [6, 6.07) is 3.40. The molecule has 0 aliphatic carbocycles. The van der Waals surface area contributed by atoms with Crippen LogP contribution < -0.4 is 18.9 Å². The van der Waals surface area contributed by atoms with Crippen molar-refractivity contribution in [1.29, 1.82) is 0 Å². The number of aromatic nitrogens is 4. The minimum Gasteiger partial charge on any atom is -0.767 e. The van der Waals surface area contributed by atoms with Gasteiger partial charge in [0.25, 0.3) is 0 Å². The van der Waals surface area contributed by atoms with Crippen LogP contribution in [0.2, 0.25) is 0 Å². The van der Waals surface area contributed by atoms with Crippen LogP contribution in [0.1, 0.15) is 51.0 Å². The molecule has 0 aromatic carbocycles. The van der Waals surface area contributed by atoms with E-state index in [4.69, 9.17) is 9.47 Å². The predicted octanol–water partition coefficient (Wildman–Crippen LogP) is -0.594. The minimum absolute atomic E-state index is 0. The molecule has 0 bridgehead atoms. The third-order valence-electron chi connectivity index (χ3n) is 4.21. The summed E-state index contributed by atoms with van der Waals surface area (Å²) in [7, 11) is 0. The van der Waals surface area contributed by atoms with E-state index in [0.717, 1.165) is 32.3 Å². The first kappa shape index (κ1) is 21.3. The van der Waals surface area contributed by atoms with Gasteiger partial charge in [0.1, 0.15) is 11.3 Å². The van der Waals surface area contributed by atoms with Gasteiger partial charge in [0.15, 0.2) is 6.23 Å². The van der Waals surface area contributed by atoms with Crippen molar-refractivity contribution < 1.29 is 37.1 Å². The molecule has 2 aromatic heterocycles. The molecular weight excluding hydrogens is 351 g/mol. The molecule has 138 valence electrons. The zero-order valence-corrected chi connectivity index (χ0v) is 15.8. The Morgan fingerprint density at radius 1 is 1.04 bits per heavy atom. The number of ether oxygens (including phenoxy) is 2. The van der Waals surface area contributed by atoms with E-state index in [9.17, 15) is 8.76 Å². The van der Waals surface area contributed by atoms with Gasteiger partial charge < -0.3 is 14.0 Å². The van der Waals surface area contributed by atoms with Crippen molar-refractivity contribution in [3.8, 4) is 0 Å². The Kier molecular flexibility index (Phi) is 9.05. The summed E-state index contributed by atoms with van der Waals surface area (Å²) in [5.41, 5.74) is 0. The molecular formula is C16H23LiN4O4S. The first-order valence-electron chi connectivity index (χ1n) is 8.61. The summed E-state index contributed by atoms with van der Waals surface area (Å²) in [5.74, 6) is 0. The van der Waals surface area contributed by atoms with Crippen molar-refractivity contribution in [1.82, 2.24) is 19.6 Å². The molecule has 0 N–H and O–H groups in total. The SMILES string of the molecule is O=S([O-])c1ccnn1C1CCCCO1.[Li+].c1cnn(C2CCCCO2)c1. The number of hydrogen-bond acceptors (Lipinski definition) is 6. The second-order valence-electron chi connectivity index (χ2n) is 5.98. The minimum atomic E-state index is -2.24. The van der Waals surface area contributed by atoms with Gasteiger partial charge in [-0.25, -0.2) is 9.36 Å². The summed E-state index contributed by atoms with van der Waals surface area (Å²) in [4.78, 5) is 0. The maximum Gasteiger partial charge on any atom is 1.00 e. The molecule has 2 aliphatic heterocycles. The third kappa shape index (κ3) is 5.77. The summed E-state index contributed by atoms with van der Waals surface area (Å²) < 4.78 is 35.9. The Bertz CT molecular complexity index is 655. The molecule has 2 saturated heterocycles. The molecule has 0 saturated carbocycles. The monoisotopic (exact) mass is 374 g/mol. The van der Waals surface area contributed by atoms with Gasteiger partial charge in [0, 0.05) is 25.6 Å². The average molecular weight is 374 g/mol. The van der Waals surface area contributed by atoms with Crippen molar-refractivity contribution in [3.05, 3.63) is 30.7 Å². The first-order valence-corrected chi connectivity index (χ1v) is 9.68. The molecule has 2 aliphatic rings. The van der Waals surface area contributed by atoms with Gasteiger partial charge in [0.05, 0.1) is 6.20 Å². The van der Waals surface area contributed by atoms with Crippen molar-refractivity contribution >= 4 is 11.1 Å². The Balaban J connectivity index is 0.000000184. The van der Waals surface area contributed by atoms with Gasteiger partial charge in [0.2, 0.25) is 0 Å². The fourth-order valence-electron chi connectivity index (χ4n) is 2.95. The van der Waals surface area contributed by atoms with Crippen molar-refractivity contribution in [3.63, 3.8) is 0 Å².